The minimum Gasteiger partial charge on any atom is -0.481 e. The maximum absolute atomic E-state index is 15.2. The molecular weight excluding hydrogens is 369 g/mol. The van der Waals surface area contributed by atoms with Crippen LogP contribution in [0.3, 0.4) is 0 Å². The summed E-state index contributed by atoms with van der Waals surface area (Å²) in [6, 6.07) is 12.7. The summed E-state index contributed by atoms with van der Waals surface area (Å²) in [7, 11) is 0. The number of aryl methyl sites for hydroxylation is 1. The largest absolute Gasteiger partial charge is 0.481 e. The van der Waals surface area contributed by atoms with Gasteiger partial charge in [0.15, 0.2) is 0 Å². The van der Waals surface area contributed by atoms with Crippen molar-refractivity contribution in [2.24, 2.45) is 5.41 Å². The molecule has 1 spiro atoms. The average molecular weight is 395 g/mol. The van der Waals surface area contributed by atoms with Crippen molar-refractivity contribution in [3.8, 4) is 11.1 Å². The van der Waals surface area contributed by atoms with Crippen LogP contribution in [0.1, 0.15) is 43.7 Å². The normalized spacial score (nSPS) is 22.5. The van der Waals surface area contributed by atoms with E-state index in [1.165, 1.54) is 6.07 Å². The van der Waals surface area contributed by atoms with Gasteiger partial charge in [-0.1, -0.05) is 43.3 Å². The van der Waals surface area contributed by atoms with Gasteiger partial charge in [-0.15, -0.1) is 0 Å². The summed E-state index contributed by atoms with van der Waals surface area (Å²) in [6.45, 7) is 4.90. The van der Waals surface area contributed by atoms with E-state index < -0.39 is 22.6 Å². The second kappa shape index (κ2) is 6.97. The molecule has 1 atom stereocenters. The topological polar surface area (TPSA) is 57.6 Å². The molecule has 2 fully saturated rings. The lowest BCUT2D eigenvalue weighted by atomic mass is 9.79. The van der Waals surface area contributed by atoms with Gasteiger partial charge in [0.2, 0.25) is 5.91 Å². The Kier molecular flexibility index (Phi) is 4.72. The molecule has 4 rings (SSSR count). The van der Waals surface area contributed by atoms with Gasteiger partial charge < -0.3 is 10.0 Å². The molecule has 1 aliphatic heterocycles. The zero-order valence-corrected chi connectivity index (χ0v) is 16.9. The van der Waals surface area contributed by atoms with Crippen LogP contribution in [0, 0.1) is 18.2 Å². The van der Waals surface area contributed by atoms with Gasteiger partial charge in [-0.05, 0) is 54.4 Å². The summed E-state index contributed by atoms with van der Waals surface area (Å²) >= 11 is 0. The van der Waals surface area contributed by atoms with Crippen LogP contribution in [0.25, 0.3) is 11.1 Å². The van der Waals surface area contributed by atoms with Crippen LogP contribution in [-0.2, 0) is 15.0 Å². The molecule has 5 heteroatoms. The summed E-state index contributed by atoms with van der Waals surface area (Å²) in [5, 5.41) is 10.1. The third-order valence-electron chi connectivity index (χ3n) is 7.01. The number of amides is 1. The molecule has 1 N–H and O–H groups in total. The molecule has 2 aromatic rings. The van der Waals surface area contributed by atoms with Crippen molar-refractivity contribution in [1.82, 2.24) is 4.90 Å². The van der Waals surface area contributed by atoms with Crippen molar-refractivity contribution in [2.45, 2.75) is 44.9 Å². The fourth-order valence-corrected chi connectivity index (χ4v) is 5.20. The zero-order valence-electron chi connectivity index (χ0n) is 16.9. The van der Waals surface area contributed by atoms with Gasteiger partial charge in [0.25, 0.3) is 0 Å². The SMILES string of the molecule is CCC(=O)N1CCC2(CC1)C[C@]2(C(=O)O)c1ccc(-c2ccccc2C)cc1F. The van der Waals surface area contributed by atoms with Crippen molar-refractivity contribution < 1.29 is 19.1 Å². The standard InChI is InChI=1S/C24H26FNO3/c1-3-21(27)26-12-10-23(11-13-26)15-24(23,22(28)29)19-9-8-17(14-20(19)25)18-7-5-4-6-16(18)2/h4-9,14H,3,10-13,15H2,1-2H3,(H,28,29)/t24-/m1/s1. The van der Waals surface area contributed by atoms with Gasteiger partial charge in [0.05, 0.1) is 0 Å². The van der Waals surface area contributed by atoms with E-state index in [0.717, 1.165) is 16.7 Å². The van der Waals surface area contributed by atoms with Crippen LogP contribution < -0.4 is 0 Å². The van der Waals surface area contributed by atoms with E-state index in [9.17, 15) is 14.7 Å². The quantitative estimate of drug-likeness (QED) is 0.827. The summed E-state index contributed by atoms with van der Waals surface area (Å²) in [6.07, 6.45) is 2.09. The van der Waals surface area contributed by atoms with Crippen molar-refractivity contribution in [2.75, 3.05) is 13.1 Å². The molecule has 152 valence electrons. The molecule has 1 heterocycles. The number of benzene rings is 2. The van der Waals surface area contributed by atoms with Gasteiger partial charge in [0, 0.05) is 25.1 Å². The molecule has 2 aromatic carbocycles. The highest BCUT2D eigenvalue weighted by Crippen LogP contribution is 2.70. The van der Waals surface area contributed by atoms with Crippen LogP contribution in [0.15, 0.2) is 42.5 Å². The second-order valence-electron chi connectivity index (χ2n) is 8.41. The summed E-state index contributed by atoms with van der Waals surface area (Å²) in [4.78, 5) is 26.1. The summed E-state index contributed by atoms with van der Waals surface area (Å²) in [5.41, 5.74) is 1.36. The van der Waals surface area contributed by atoms with E-state index in [2.05, 4.69) is 0 Å². The van der Waals surface area contributed by atoms with E-state index in [0.29, 0.717) is 38.8 Å². The number of carbonyl (C=O) groups is 2. The van der Waals surface area contributed by atoms with Crippen LogP contribution in [0.2, 0.25) is 0 Å². The Hall–Kier alpha value is -2.69. The number of halogens is 1. The van der Waals surface area contributed by atoms with E-state index in [4.69, 9.17) is 0 Å². The van der Waals surface area contributed by atoms with Gasteiger partial charge in [0.1, 0.15) is 11.2 Å². The fraction of sp³-hybridized carbons (Fsp3) is 0.417. The molecule has 1 saturated heterocycles. The number of likely N-dealkylation sites (tertiary alicyclic amines) is 1. The van der Waals surface area contributed by atoms with Crippen molar-refractivity contribution in [3.05, 3.63) is 59.4 Å². The lowest BCUT2D eigenvalue weighted by molar-refractivity contribution is -0.141. The lowest BCUT2D eigenvalue weighted by Gasteiger charge is -2.35. The summed E-state index contributed by atoms with van der Waals surface area (Å²) < 4.78 is 15.2. The van der Waals surface area contributed by atoms with Crippen molar-refractivity contribution in [1.29, 1.82) is 0 Å². The monoisotopic (exact) mass is 395 g/mol. The number of aliphatic carboxylic acids is 1. The van der Waals surface area contributed by atoms with Gasteiger partial charge in [-0.2, -0.15) is 0 Å². The Bertz CT molecular complexity index is 978. The maximum Gasteiger partial charge on any atom is 0.314 e. The molecule has 0 bridgehead atoms. The highest BCUT2D eigenvalue weighted by molar-refractivity contribution is 5.88. The number of piperidine rings is 1. The van der Waals surface area contributed by atoms with E-state index in [-0.39, 0.29) is 11.5 Å². The first-order valence-corrected chi connectivity index (χ1v) is 10.2. The Balaban J connectivity index is 1.65. The molecule has 0 unspecified atom stereocenters. The first kappa shape index (κ1) is 19.6. The number of rotatable bonds is 4. The van der Waals surface area contributed by atoms with Crippen molar-refractivity contribution >= 4 is 11.9 Å². The fourth-order valence-electron chi connectivity index (χ4n) is 5.20. The first-order valence-electron chi connectivity index (χ1n) is 10.2. The predicted molar refractivity (Wildman–Crippen MR) is 109 cm³/mol. The third-order valence-corrected chi connectivity index (χ3v) is 7.01. The molecule has 1 saturated carbocycles. The number of carbonyl (C=O) groups excluding carboxylic acids is 1. The highest BCUT2D eigenvalue weighted by atomic mass is 19.1. The maximum atomic E-state index is 15.2. The Morgan fingerprint density at radius 2 is 1.83 bits per heavy atom. The van der Waals surface area contributed by atoms with E-state index in [1.807, 2.05) is 44.2 Å². The Labute approximate surface area is 170 Å². The zero-order chi connectivity index (χ0) is 20.8. The molecule has 0 aromatic heterocycles. The molecule has 0 radical (unpaired) electrons. The van der Waals surface area contributed by atoms with Crippen molar-refractivity contribution in [3.63, 3.8) is 0 Å². The number of carboxylic acid groups (broad SMARTS) is 1. The van der Waals surface area contributed by atoms with Crippen LogP contribution >= 0.6 is 0 Å². The summed E-state index contributed by atoms with van der Waals surface area (Å²) in [5.74, 6) is -1.33. The average Bonchev–Trinajstić information content (AvgIpc) is 3.36. The number of hydrogen-bond donors (Lipinski definition) is 1. The predicted octanol–water partition coefficient (Wildman–Crippen LogP) is 4.55. The lowest BCUT2D eigenvalue weighted by Crippen LogP contribution is -2.42. The molecule has 2 aliphatic rings. The third kappa shape index (κ3) is 2.95. The number of nitrogens with zero attached hydrogens (tertiary/aromatic N) is 1. The minimum absolute atomic E-state index is 0.0928. The Morgan fingerprint density at radius 1 is 1.14 bits per heavy atom. The van der Waals surface area contributed by atoms with Gasteiger partial charge in [-0.3, -0.25) is 9.59 Å². The second-order valence-corrected chi connectivity index (χ2v) is 8.41. The van der Waals surface area contributed by atoms with E-state index >= 15 is 4.39 Å². The minimum atomic E-state index is -1.19. The van der Waals surface area contributed by atoms with Gasteiger partial charge in [-0.25, -0.2) is 4.39 Å². The molecule has 1 aliphatic carbocycles. The van der Waals surface area contributed by atoms with Gasteiger partial charge >= 0.3 is 5.97 Å². The molecule has 4 nitrogen and oxygen atoms in total. The molecular formula is C24H26FNO3. The molecule has 29 heavy (non-hydrogen) atoms. The van der Waals surface area contributed by atoms with E-state index in [1.54, 1.807) is 11.0 Å². The number of carboxylic acids is 1. The smallest absolute Gasteiger partial charge is 0.314 e. The highest BCUT2D eigenvalue weighted by Gasteiger charge is 2.73. The molecule has 1 amide bonds. The van der Waals surface area contributed by atoms with Crippen LogP contribution in [-0.4, -0.2) is 35.0 Å². The number of hydrogen-bond acceptors (Lipinski definition) is 2. The van der Waals surface area contributed by atoms with Crippen LogP contribution in [0.4, 0.5) is 4.39 Å². The van der Waals surface area contributed by atoms with Crippen LogP contribution in [0.5, 0.6) is 0 Å². The first-order chi connectivity index (χ1) is 13.8. The Morgan fingerprint density at radius 3 is 2.41 bits per heavy atom.